The van der Waals surface area contributed by atoms with Crippen LogP contribution in [-0.2, 0) is 11.3 Å². The number of aliphatic hydroxyl groups excluding tert-OH is 1. The molecule has 94 valence electrons. The maximum atomic E-state index is 9.55. The second-order valence-electron chi connectivity index (χ2n) is 5.03. The lowest BCUT2D eigenvalue weighted by Gasteiger charge is -2.29. The van der Waals surface area contributed by atoms with E-state index in [-0.39, 0.29) is 11.9 Å². The van der Waals surface area contributed by atoms with Crippen LogP contribution in [0.1, 0.15) is 18.5 Å². The molecule has 2 aliphatic heterocycles. The fourth-order valence-electron chi connectivity index (χ4n) is 2.86. The molecule has 3 nitrogen and oxygen atoms in total. The molecule has 1 atom stereocenters. The maximum absolute atomic E-state index is 9.55. The smallest absolute Gasteiger partial charge is 0.220 e. The van der Waals surface area contributed by atoms with Crippen molar-refractivity contribution >= 4 is 5.57 Å². The Morgan fingerprint density at radius 3 is 3.26 bits per heavy atom. The molecule has 0 fully saturated rings. The number of nitrogens with zero attached hydrogens (tertiary/aromatic N) is 1. The van der Waals surface area contributed by atoms with Gasteiger partial charge in [-0.15, -0.1) is 0 Å². The monoisotopic (exact) mass is 252 g/mol. The first kappa shape index (κ1) is 10.7. The number of rotatable bonds is 0. The van der Waals surface area contributed by atoms with Gasteiger partial charge in [0.1, 0.15) is 23.2 Å². The van der Waals surface area contributed by atoms with Crippen LogP contribution >= 0.6 is 0 Å². The van der Waals surface area contributed by atoms with Gasteiger partial charge in [0.25, 0.3) is 0 Å². The SMILES string of the molecule is OC1=CCC2=C=C3c4cccc[n+]4CCC3OC2=C1. The van der Waals surface area contributed by atoms with E-state index in [9.17, 15) is 5.11 Å². The van der Waals surface area contributed by atoms with Crippen molar-refractivity contribution in [2.75, 3.05) is 0 Å². The molecular weight excluding hydrogens is 238 g/mol. The largest absolute Gasteiger partial charge is 0.508 e. The van der Waals surface area contributed by atoms with Crippen LogP contribution in [0.15, 0.2) is 59.4 Å². The molecule has 0 saturated carbocycles. The Morgan fingerprint density at radius 2 is 2.32 bits per heavy atom. The van der Waals surface area contributed by atoms with E-state index < -0.39 is 0 Å². The number of aromatic nitrogens is 1. The van der Waals surface area contributed by atoms with Gasteiger partial charge in [-0.05, 0) is 12.1 Å². The number of aryl methyl sites for hydroxylation is 1. The van der Waals surface area contributed by atoms with E-state index in [1.54, 1.807) is 12.2 Å². The van der Waals surface area contributed by atoms with Gasteiger partial charge >= 0.3 is 0 Å². The minimum atomic E-state index is 0.0586. The van der Waals surface area contributed by atoms with Gasteiger partial charge in [-0.2, -0.15) is 4.57 Å². The van der Waals surface area contributed by atoms with Crippen LogP contribution in [0.2, 0.25) is 0 Å². The normalized spacial score (nSPS) is 23.7. The fourth-order valence-corrected chi connectivity index (χ4v) is 2.86. The summed E-state index contributed by atoms with van der Waals surface area (Å²) in [7, 11) is 0. The molecule has 1 aromatic rings. The highest BCUT2D eigenvalue weighted by Gasteiger charge is 2.35. The molecule has 1 aliphatic carbocycles. The summed E-state index contributed by atoms with van der Waals surface area (Å²) in [5.41, 5.74) is 6.84. The molecule has 19 heavy (non-hydrogen) atoms. The van der Waals surface area contributed by atoms with Crippen molar-refractivity contribution in [1.29, 1.82) is 0 Å². The average molecular weight is 252 g/mol. The molecule has 0 radical (unpaired) electrons. The average Bonchev–Trinajstić information content (AvgIpc) is 2.45. The zero-order valence-corrected chi connectivity index (χ0v) is 10.5. The molecule has 3 heterocycles. The van der Waals surface area contributed by atoms with E-state index in [1.807, 2.05) is 12.1 Å². The van der Waals surface area contributed by atoms with E-state index >= 15 is 0 Å². The highest BCUT2D eigenvalue weighted by Crippen LogP contribution is 2.35. The quantitative estimate of drug-likeness (QED) is 0.568. The third-order valence-electron chi connectivity index (χ3n) is 3.82. The second-order valence-corrected chi connectivity index (χ2v) is 5.03. The van der Waals surface area contributed by atoms with E-state index in [0.29, 0.717) is 6.42 Å². The minimum Gasteiger partial charge on any atom is -0.508 e. The van der Waals surface area contributed by atoms with Crippen molar-refractivity contribution in [2.24, 2.45) is 0 Å². The van der Waals surface area contributed by atoms with Gasteiger partial charge < -0.3 is 9.84 Å². The van der Waals surface area contributed by atoms with Gasteiger partial charge in [0.2, 0.25) is 5.69 Å². The Labute approximate surface area is 111 Å². The topological polar surface area (TPSA) is 33.3 Å². The Morgan fingerprint density at radius 1 is 1.37 bits per heavy atom. The number of fused-ring (bicyclic) bond motifs is 4. The van der Waals surface area contributed by atoms with Crippen molar-refractivity contribution in [3.05, 3.63) is 65.1 Å². The first-order valence-electron chi connectivity index (χ1n) is 6.57. The summed E-state index contributed by atoms with van der Waals surface area (Å²) in [6, 6.07) is 6.21. The predicted molar refractivity (Wildman–Crippen MR) is 70.0 cm³/mol. The third kappa shape index (κ3) is 1.63. The Kier molecular flexibility index (Phi) is 2.17. The van der Waals surface area contributed by atoms with Crippen molar-refractivity contribution in [1.82, 2.24) is 0 Å². The van der Waals surface area contributed by atoms with Crippen molar-refractivity contribution in [2.45, 2.75) is 25.5 Å². The molecule has 0 spiro atoms. The summed E-state index contributed by atoms with van der Waals surface area (Å²) in [6.07, 6.45) is 7.26. The summed E-state index contributed by atoms with van der Waals surface area (Å²) in [5.74, 6) is 1.06. The van der Waals surface area contributed by atoms with Crippen LogP contribution in [0.4, 0.5) is 0 Å². The first-order valence-corrected chi connectivity index (χ1v) is 6.57. The minimum absolute atomic E-state index is 0.0586. The van der Waals surface area contributed by atoms with E-state index in [1.165, 1.54) is 5.69 Å². The molecule has 1 N–H and O–H groups in total. The van der Waals surface area contributed by atoms with Crippen molar-refractivity contribution < 1.29 is 14.4 Å². The molecule has 0 saturated heterocycles. The summed E-state index contributed by atoms with van der Waals surface area (Å²) < 4.78 is 8.28. The lowest BCUT2D eigenvalue weighted by atomic mass is 9.93. The fraction of sp³-hybridized carbons (Fsp3) is 0.250. The number of pyridine rings is 1. The van der Waals surface area contributed by atoms with E-state index in [2.05, 4.69) is 22.6 Å². The number of aliphatic hydroxyl groups is 1. The molecule has 3 heteroatoms. The Balaban J connectivity index is 1.91. The number of hydrogen-bond donors (Lipinski definition) is 1. The van der Waals surface area contributed by atoms with Crippen molar-refractivity contribution in [3.63, 3.8) is 0 Å². The summed E-state index contributed by atoms with van der Waals surface area (Å²) in [4.78, 5) is 0. The highest BCUT2D eigenvalue weighted by atomic mass is 16.5. The summed E-state index contributed by atoms with van der Waals surface area (Å²) in [5, 5.41) is 9.55. The molecular formula is C16H14NO2+. The van der Waals surface area contributed by atoms with Crippen LogP contribution in [0.5, 0.6) is 0 Å². The van der Waals surface area contributed by atoms with Crippen LogP contribution in [0, 0.1) is 0 Å². The standard InChI is InChI=1S/C16H13NO2/c18-12-5-4-11-9-13-14-3-1-2-7-17(14)8-6-15(13)19-16(11)10-12/h1-3,5,7,10,15H,4,6,8H2/p+1. The van der Waals surface area contributed by atoms with Crippen LogP contribution in [-0.4, -0.2) is 11.2 Å². The van der Waals surface area contributed by atoms with Gasteiger partial charge in [0.05, 0.1) is 0 Å². The molecule has 3 aliphatic rings. The summed E-state index contributed by atoms with van der Waals surface area (Å²) in [6.45, 7) is 0.955. The maximum Gasteiger partial charge on any atom is 0.220 e. The lowest BCUT2D eigenvalue weighted by Crippen LogP contribution is -2.45. The highest BCUT2D eigenvalue weighted by molar-refractivity contribution is 5.67. The van der Waals surface area contributed by atoms with Crippen LogP contribution in [0.25, 0.3) is 5.57 Å². The lowest BCUT2D eigenvalue weighted by molar-refractivity contribution is -0.703. The zero-order valence-electron chi connectivity index (χ0n) is 10.5. The number of allylic oxidation sites excluding steroid dienone is 3. The van der Waals surface area contributed by atoms with Crippen LogP contribution < -0.4 is 4.57 Å². The molecule has 0 aromatic carbocycles. The summed E-state index contributed by atoms with van der Waals surface area (Å²) >= 11 is 0. The van der Waals surface area contributed by atoms with E-state index in [4.69, 9.17) is 4.74 Å². The molecule has 0 amide bonds. The predicted octanol–water partition coefficient (Wildman–Crippen LogP) is 2.41. The van der Waals surface area contributed by atoms with Crippen LogP contribution in [0.3, 0.4) is 0 Å². The zero-order chi connectivity index (χ0) is 12.8. The Bertz CT molecular complexity index is 690. The van der Waals surface area contributed by atoms with Gasteiger partial charge in [-0.1, -0.05) is 5.73 Å². The van der Waals surface area contributed by atoms with Gasteiger partial charge in [-0.3, -0.25) is 0 Å². The number of ether oxygens (including phenoxy) is 1. The van der Waals surface area contributed by atoms with Crippen molar-refractivity contribution in [3.8, 4) is 0 Å². The second kappa shape index (κ2) is 3.87. The molecule has 1 unspecified atom stereocenters. The van der Waals surface area contributed by atoms with Gasteiger partial charge in [0.15, 0.2) is 12.7 Å². The van der Waals surface area contributed by atoms with Gasteiger partial charge in [-0.25, -0.2) is 0 Å². The molecule has 1 aromatic heterocycles. The molecule has 0 bridgehead atoms. The number of hydrogen-bond acceptors (Lipinski definition) is 2. The Hall–Kier alpha value is -2.25. The van der Waals surface area contributed by atoms with Gasteiger partial charge in [0, 0.05) is 36.6 Å². The van der Waals surface area contributed by atoms with E-state index in [0.717, 1.165) is 29.9 Å². The first-order chi connectivity index (χ1) is 9.31. The third-order valence-corrected chi connectivity index (χ3v) is 3.82. The molecule has 4 rings (SSSR count).